The van der Waals surface area contributed by atoms with Crippen molar-refractivity contribution in [3.63, 3.8) is 0 Å². The molecule has 9 atom stereocenters. The molecule has 7 rings (SSSR count). The largest absolute Gasteiger partial charge is 0.508 e. The van der Waals surface area contributed by atoms with Crippen LogP contribution in [0.4, 0.5) is 0 Å². The molecule has 422 valence electrons. The number of benzene rings is 3. The number of carbonyl (C=O) groups excluding carboxylic acids is 9. The number of aromatic amines is 1. The van der Waals surface area contributed by atoms with Crippen LogP contribution in [0.1, 0.15) is 81.9 Å². The molecular formula is C56H71N11O12. The maximum Gasteiger partial charge on any atom is 0.326 e. The van der Waals surface area contributed by atoms with Gasteiger partial charge < -0.3 is 67.9 Å². The van der Waals surface area contributed by atoms with E-state index in [0.29, 0.717) is 36.8 Å². The maximum absolute atomic E-state index is 14.8. The molecule has 23 nitrogen and oxygen atoms in total. The number of phenolic OH excluding ortho intramolecular Hbond substituents is 1. The van der Waals surface area contributed by atoms with E-state index < -0.39 is 126 Å². The average molecular weight is 1090 g/mol. The van der Waals surface area contributed by atoms with E-state index in [4.69, 9.17) is 11.5 Å². The zero-order valence-electron chi connectivity index (χ0n) is 44.4. The van der Waals surface area contributed by atoms with E-state index in [1.807, 2.05) is 37.3 Å². The number of nitrogens with one attached hydrogen (secondary N) is 6. The number of amides is 9. The number of nitrogens with two attached hydrogens (primary N) is 2. The van der Waals surface area contributed by atoms with E-state index >= 15 is 0 Å². The molecule has 3 aromatic carbocycles. The van der Waals surface area contributed by atoms with E-state index in [9.17, 15) is 58.2 Å². The summed E-state index contributed by atoms with van der Waals surface area (Å²) >= 11 is 0. The summed E-state index contributed by atoms with van der Waals surface area (Å²) in [5.74, 6) is -7.77. The van der Waals surface area contributed by atoms with Gasteiger partial charge >= 0.3 is 5.97 Å². The van der Waals surface area contributed by atoms with Crippen LogP contribution in [-0.2, 0) is 67.2 Å². The summed E-state index contributed by atoms with van der Waals surface area (Å²) in [6.07, 6.45) is 3.74. The molecule has 0 radical (unpaired) electrons. The Balaban J connectivity index is 1.01. The minimum atomic E-state index is -1.60. The number of aliphatic carboxylic acids is 1. The lowest BCUT2D eigenvalue weighted by molar-refractivity contribution is -0.146. The van der Waals surface area contributed by atoms with Crippen molar-refractivity contribution < 1.29 is 58.2 Å². The summed E-state index contributed by atoms with van der Waals surface area (Å²) in [7, 11) is 0. The number of aromatic nitrogens is 1. The van der Waals surface area contributed by atoms with Crippen LogP contribution in [0.25, 0.3) is 10.9 Å². The molecule has 79 heavy (non-hydrogen) atoms. The minimum Gasteiger partial charge on any atom is -0.508 e. The van der Waals surface area contributed by atoms with E-state index in [1.54, 1.807) is 49.5 Å². The number of fused-ring (bicyclic) bond motifs is 1. The SMILES string of the molecule is CC[C@H](C)[C@H](NC(=O)[C@@H]1CCCN1C(=O)CNC(=O)[C@@H]1CCCN1C(=O)[C@H](Cc1ccccc1)NC(=O)[C@H](Cc1c[nH]c2ccccc12)NC(=O)[C@@H](N)Cc1ccc(O)cc1)C(=O)N1CCC[C@H]1C(=O)N[C@@H](CC(N)=O)C(=O)O. The van der Waals surface area contributed by atoms with Gasteiger partial charge in [-0.25, -0.2) is 4.79 Å². The molecule has 3 fully saturated rings. The Kier molecular flexibility index (Phi) is 19.8. The van der Waals surface area contributed by atoms with Gasteiger partial charge in [-0.2, -0.15) is 0 Å². The molecule has 0 aliphatic carbocycles. The third-order valence-corrected chi connectivity index (χ3v) is 15.1. The number of hydrogen-bond donors (Lipinski definition) is 10. The van der Waals surface area contributed by atoms with Gasteiger partial charge in [-0.1, -0.05) is 80.9 Å². The van der Waals surface area contributed by atoms with Gasteiger partial charge in [0.15, 0.2) is 0 Å². The van der Waals surface area contributed by atoms with Gasteiger partial charge in [-0.15, -0.1) is 0 Å². The molecule has 4 aromatic rings. The van der Waals surface area contributed by atoms with Crippen LogP contribution in [0.2, 0.25) is 0 Å². The van der Waals surface area contributed by atoms with Gasteiger partial charge in [-0.05, 0) is 85.8 Å². The van der Waals surface area contributed by atoms with Gasteiger partial charge in [0.25, 0.3) is 0 Å². The Bertz CT molecular complexity index is 2880. The molecule has 0 unspecified atom stereocenters. The van der Waals surface area contributed by atoms with Crippen molar-refractivity contribution in [3.8, 4) is 5.75 Å². The Morgan fingerprint density at radius 3 is 1.86 bits per heavy atom. The summed E-state index contributed by atoms with van der Waals surface area (Å²) in [6.45, 7) is 3.57. The number of para-hydroxylation sites is 1. The molecule has 3 aliphatic heterocycles. The molecule has 3 aliphatic rings. The number of carboxylic acids is 1. The van der Waals surface area contributed by atoms with Crippen molar-refractivity contribution in [2.24, 2.45) is 17.4 Å². The second-order valence-electron chi connectivity index (χ2n) is 20.6. The van der Waals surface area contributed by atoms with E-state index in [-0.39, 0.29) is 63.9 Å². The first-order valence-electron chi connectivity index (χ1n) is 26.9. The lowest BCUT2D eigenvalue weighted by Crippen LogP contribution is -2.59. The Labute approximate surface area is 456 Å². The fourth-order valence-corrected chi connectivity index (χ4v) is 10.6. The van der Waals surface area contributed by atoms with Crippen molar-refractivity contribution in [1.29, 1.82) is 0 Å². The number of primary amides is 1. The first kappa shape index (κ1) is 58.3. The summed E-state index contributed by atoms with van der Waals surface area (Å²) < 4.78 is 0. The number of nitrogens with zero attached hydrogens (tertiary/aromatic N) is 3. The number of carbonyl (C=O) groups is 10. The molecule has 12 N–H and O–H groups in total. The molecule has 4 heterocycles. The number of hydrogen-bond acceptors (Lipinski definition) is 12. The summed E-state index contributed by atoms with van der Waals surface area (Å²) in [6, 6.07) is 13.4. The van der Waals surface area contributed by atoms with Crippen LogP contribution in [0, 0.1) is 5.92 Å². The molecule has 23 heteroatoms. The second-order valence-corrected chi connectivity index (χ2v) is 20.6. The molecule has 3 saturated heterocycles. The third-order valence-electron chi connectivity index (χ3n) is 15.1. The maximum atomic E-state index is 14.8. The van der Waals surface area contributed by atoms with Gasteiger partial charge in [0, 0.05) is 49.6 Å². The fraction of sp³-hybridized carbons (Fsp3) is 0.464. The van der Waals surface area contributed by atoms with Crippen molar-refractivity contribution in [2.45, 2.75) is 133 Å². The first-order valence-corrected chi connectivity index (χ1v) is 26.9. The van der Waals surface area contributed by atoms with Crippen LogP contribution < -0.4 is 38.1 Å². The molecule has 0 spiro atoms. The summed E-state index contributed by atoms with van der Waals surface area (Å²) in [4.78, 5) is 143. The predicted octanol–water partition coefficient (Wildman–Crippen LogP) is 0.263. The third kappa shape index (κ3) is 14.8. The van der Waals surface area contributed by atoms with Gasteiger partial charge in [0.1, 0.15) is 48.0 Å². The number of H-pyrrole nitrogens is 1. The highest BCUT2D eigenvalue weighted by Crippen LogP contribution is 2.26. The first-order chi connectivity index (χ1) is 37.8. The van der Waals surface area contributed by atoms with Crippen LogP contribution in [-0.4, -0.2) is 164 Å². The van der Waals surface area contributed by atoms with Gasteiger partial charge in [0.05, 0.1) is 19.0 Å². The second kappa shape index (κ2) is 26.8. The number of aromatic hydroxyl groups is 1. The highest BCUT2D eigenvalue weighted by atomic mass is 16.4. The monoisotopic (exact) mass is 1090 g/mol. The van der Waals surface area contributed by atoms with E-state index in [1.165, 1.54) is 26.8 Å². The predicted molar refractivity (Wildman–Crippen MR) is 288 cm³/mol. The zero-order valence-corrected chi connectivity index (χ0v) is 44.4. The number of rotatable bonds is 24. The number of likely N-dealkylation sites (tertiary alicyclic amines) is 3. The molecule has 0 bridgehead atoms. The van der Waals surface area contributed by atoms with Crippen molar-refractivity contribution >= 4 is 70.0 Å². The topological polar surface area (TPSA) is 349 Å². The lowest BCUT2D eigenvalue weighted by atomic mass is 9.96. The Hall–Kier alpha value is -8.34. The smallest absolute Gasteiger partial charge is 0.326 e. The summed E-state index contributed by atoms with van der Waals surface area (Å²) in [5.41, 5.74) is 14.5. The average Bonchev–Trinajstić information content (AvgIpc) is 4.35. The minimum absolute atomic E-state index is 0.0252. The molecule has 9 amide bonds. The van der Waals surface area contributed by atoms with Crippen LogP contribution >= 0.6 is 0 Å². The van der Waals surface area contributed by atoms with Crippen molar-refractivity contribution in [3.05, 3.63) is 102 Å². The molecule has 0 saturated carbocycles. The van der Waals surface area contributed by atoms with Crippen molar-refractivity contribution in [2.75, 3.05) is 26.2 Å². The Morgan fingerprint density at radius 2 is 1.22 bits per heavy atom. The Morgan fingerprint density at radius 1 is 0.646 bits per heavy atom. The standard InChI is InChI=1S/C56H71N11O12/c1-3-32(2)48(55(77)67-25-11-18-45(67)52(74)63-42(56(78)79)29-46(58)69)64-53(75)44-17-9-23-65(44)47(70)31-60-51(73)43-16-10-24-66(43)54(76)41(27-33-12-5-4-6-13-33)62-50(72)40(28-35-30-59-39-15-8-7-14-37(35)39)61-49(71)38(57)26-34-19-21-36(68)22-20-34/h4-8,12-15,19-22,30,32,38,40-45,48,59,68H,3,9-11,16-18,23-29,31,57H2,1-2H3,(H2,58,69)(H,60,73)(H,61,71)(H,62,72)(H,63,74)(H,64,75)(H,78,79)/t32-,38-,40-,41-,42-,43-,44-,45-,48-/m0/s1. The van der Waals surface area contributed by atoms with Crippen LogP contribution in [0.5, 0.6) is 5.75 Å². The van der Waals surface area contributed by atoms with E-state index in [2.05, 4.69) is 31.6 Å². The van der Waals surface area contributed by atoms with E-state index in [0.717, 1.165) is 16.5 Å². The normalized spacial score (nSPS) is 19.3. The number of phenols is 1. The fourth-order valence-electron chi connectivity index (χ4n) is 10.6. The van der Waals surface area contributed by atoms with Gasteiger partial charge in [-0.3, -0.25) is 43.2 Å². The van der Waals surface area contributed by atoms with Crippen LogP contribution in [0.15, 0.2) is 85.1 Å². The quantitative estimate of drug-likeness (QED) is 0.0451. The summed E-state index contributed by atoms with van der Waals surface area (Å²) in [5, 5.41) is 33.7. The number of carboxylic acid groups (broad SMARTS) is 1. The highest BCUT2D eigenvalue weighted by Gasteiger charge is 2.44. The molecule has 1 aromatic heterocycles. The highest BCUT2D eigenvalue weighted by molar-refractivity contribution is 5.99. The van der Waals surface area contributed by atoms with Gasteiger partial charge in [0.2, 0.25) is 53.2 Å². The lowest BCUT2D eigenvalue weighted by Gasteiger charge is -2.33. The van der Waals surface area contributed by atoms with Crippen molar-refractivity contribution in [1.82, 2.24) is 46.3 Å². The zero-order chi connectivity index (χ0) is 56.9. The van der Waals surface area contributed by atoms with Crippen LogP contribution in [0.3, 0.4) is 0 Å². The molecular weight excluding hydrogens is 1020 g/mol.